The van der Waals surface area contributed by atoms with Gasteiger partial charge < -0.3 is 10.4 Å². The summed E-state index contributed by atoms with van der Waals surface area (Å²) >= 11 is 0. The van der Waals surface area contributed by atoms with Crippen LogP contribution in [0.3, 0.4) is 0 Å². The second kappa shape index (κ2) is 3.83. The van der Waals surface area contributed by atoms with Crippen LogP contribution in [0.25, 0.3) is 5.53 Å². The molecule has 1 aliphatic rings. The second-order valence-corrected chi connectivity index (χ2v) is 2.69. The smallest absolute Gasteiger partial charge is 0.356 e. The van der Waals surface area contributed by atoms with Crippen LogP contribution in [0.2, 0.25) is 0 Å². The summed E-state index contributed by atoms with van der Waals surface area (Å²) in [5.74, 6) is -0.177. The highest BCUT2D eigenvalue weighted by Gasteiger charge is 2.29. The number of likely N-dealkylation sites (tertiary alicyclic amines) is 1. The van der Waals surface area contributed by atoms with E-state index in [-0.39, 0.29) is 11.6 Å². The number of nitrogens with zero attached hydrogens (tertiary/aromatic N) is 3. The fourth-order valence-electron chi connectivity index (χ4n) is 1.25. The van der Waals surface area contributed by atoms with E-state index in [1.807, 2.05) is 0 Å². The zero-order valence-corrected chi connectivity index (χ0v) is 6.86. The minimum Gasteiger partial charge on any atom is -0.361 e. The number of hydrogen-bond acceptors (Lipinski definition) is 1. The number of amides is 1. The first-order valence-electron chi connectivity index (χ1n) is 3.90. The maximum Gasteiger partial charge on any atom is 0.356 e. The molecule has 1 heterocycles. The Morgan fingerprint density at radius 1 is 1.75 bits per heavy atom. The molecule has 1 amide bonds. The molecule has 0 spiro atoms. The summed E-state index contributed by atoms with van der Waals surface area (Å²) in [6.07, 6.45) is 3.10. The van der Waals surface area contributed by atoms with Gasteiger partial charge in [-0.05, 0) is 6.42 Å². The first-order valence-corrected chi connectivity index (χ1v) is 3.90. The molecule has 0 radical (unpaired) electrons. The van der Waals surface area contributed by atoms with Crippen LogP contribution in [-0.2, 0) is 4.79 Å². The van der Waals surface area contributed by atoms with Crippen LogP contribution >= 0.6 is 0 Å². The molecular weight excluding hydrogens is 154 g/mol. The average Bonchev–Trinajstić information content (AvgIpc) is 2.09. The van der Waals surface area contributed by atoms with E-state index in [0.29, 0.717) is 13.0 Å². The highest BCUT2D eigenvalue weighted by molar-refractivity contribution is 6.36. The van der Waals surface area contributed by atoms with Crippen molar-refractivity contribution in [1.82, 2.24) is 4.90 Å². The van der Waals surface area contributed by atoms with Gasteiger partial charge in [-0.15, -0.1) is 6.58 Å². The van der Waals surface area contributed by atoms with Crippen molar-refractivity contribution in [3.63, 3.8) is 0 Å². The third-order valence-electron chi connectivity index (χ3n) is 1.85. The molecular formula is C8H11N3O. The number of rotatable bonds is 2. The molecule has 1 aliphatic heterocycles. The average molecular weight is 165 g/mol. The van der Waals surface area contributed by atoms with E-state index in [9.17, 15) is 4.79 Å². The second-order valence-electron chi connectivity index (χ2n) is 2.69. The van der Waals surface area contributed by atoms with Crippen LogP contribution < -0.4 is 0 Å². The quantitative estimate of drug-likeness (QED) is 0.333. The summed E-state index contributed by atoms with van der Waals surface area (Å²) in [6, 6.07) is 0. The molecule has 1 saturated heterocycles. The fourth-order valence-corrected chi connectivity index (χ4v) is 1.25. The van der Waals surface area contributed by atoms with Crippen molar-refractivity contribution in [3.05, 3.63) is 18.2 Å². The molecule has 0 aliphatic carbocycles. The maximum absolute atomic E-state index is 11.3. The Bertz CT molecular complexity index is 253. The highest BCUT2D eigenvalue weighted by atomic mass is 16.2. The Labute approximate surface area is 71.1 Å². The van der Waals surface area contributed by atoms with Gasteiger partial charge in [-0.3, -0.25) is 4.79 Å². The van der Waals surface area contributed by atoms with Gasteiger partial charge in [-0.25, -0.2) is 0 Å². The monoisotopic (exact) mass is 165 g/mol. The molecule has 1 fully saturated rings. The number of hydrogen-bond donors (Lipinski definition) is 0. The lowest BCUT2D eigenvalue weighted by Crippen LogP contribution is -2.41. The van der Waals surface area contributed by atoms with Crippen LogP contribution in [0.1, 0.15) is 12.8 Å². The van der Waals surface area contributed by atoms with Gasteiger partial charge in [0.15, 0.2) is 0 Å². The minimum absolute atomic E-state index is 0.177. The van der Waals surface area contributed by atoms with E-state index >= 15 is 0 Å². The van der Waals surface area contributed by atoms with E-state index in [1.54, 1.807) is 11.0 Å². The van der Waals surface area contributed by atoms with Gasteiger partial charge in [-0.2, -0.15) is 4.79 Å². The summed E-state index contributed by atoms with van der Waals surface area (Å²) in [4.78, 5) is 15.9. The van der Waals surface area contributed by atoms with Crippen molar-refractivity contribution in [2.45, 2.75) is 12.8 Å². The lowest BCUT2D eigenvalue weighted by molar-refractivity contribution is -0.129. The van der Waals surface area contributed by atoms with Crippen molar-refractivity contribution in [2.75, 3.05) is 13.1 Å². The number of piperidine rings is 1. The van der Waals surface area contributed by atoms with Gasteiger partial charge >= 0.3 is 11.6 Å². The zero-order chi connectivity index (χ0) is 8.97. The van der Waals surface area contributed by atoms with Crippen LogP contribution in [-0.4, -0.2) is 34.4 Å². The molecule has 12 heavy (non-hydrogen) atoms. The SMILES string of the molecule is C=CCN1CCCC(=[N+]=[N-])C1=O. The fraction of sp³-hybridized carbons (Fsp3) is 0.500. The van der Waals surface area contributed by atoms with Crippen molar-refractivity contribution in [3.8, 4) is 0 Å². The van der Waals surface area contributed by atoms with Crippen molar-refractivity contribution in [1.29, 1.82) is 0 Å². The maximum atomic E-state index is 11.3. The molecule has 0 bridgehead atoms. The van der Waals surface area contributed by atoms with Crippen LogP contribution in [0, 0.1) is 0 Å². The van der Waals surface area contributed by atoms with Gasteiger partial charge in [0.25, 0.3) is 0 Å². The normalized spacial score (nSPS) is 17.5. The zero-order valence-electron chi connectivity index (χ0n) is 6.86. The lowest BCUT2D eigenvalue weighted by Gasteiger charge is -2.21. The third kappa shape index (κ3) is 1.60. The van der Waals surface area contributed by atoms with Crippen molar-refractivity contribution >= 4 is 11.6 Å². The number of carbonyl (C=O) groups is 1. The van der Waals surface area contributed by atoms with Crippen molar-refractivity contribution < 1.29 is 9.58 Å². The molecule has 0 atom stereocenters. The summed E-state index contributed by atoms with van der Waals surface area (Å²) in [5.41, 5.74) is 8.71. The predicted molar refractivity (Wildman–Crippen MR) is 44.6 cm³/mol. The molecule has 0 unspecified atom stereocenters. The van der Waals surface area contributed by atoms with Gasteiger partial charge in [0, 0.05) is 13.1 Å². The van der Waals surface area contributed by atoms with Crippen LogP contribution in [0.4, 0.5) is 0 Å². The molecule has 0 aromatic carbocycles. The van der Waals surface area contributed by atoms with E-state index < -0.39 is 0 Å². The Kier molecular flexibility index (Phi) is 2.77. The molecule has 64 valence electrons. The molecule has 1 rings (SSSR count). The van der Waals surface area contributed by atoms with E-state index in [4.69, 9.17) is 5.53 Å². The van der Waals surface area contributed by atoms with Crippen LogP contribution in [0.15, 0.2) is 12.7 Å². The van der Waals surface area contributed by atoms with Gasteiger partial charge in [-0.1, -0.05) is 6.08 Å². The summed E-state index contributed by atoms with van der Waals surface area (Å²) in [5, 5.41) is 0. The Morgan fingerprint density at radius 2 is 2.50 bits per heavy atom. The van der Waals surface area contributed by atoms with Crippen LogP contribution in [0.5, 0.6) is 0 Å². The molecule has 0 aromatic rings. The van der Waals surface area contributed by atoms with E-state index in [1.165, 1.54) is 0 Å². The molecule has 0 saturated carbocycles. The first kappa shape index (κ1) is 8.68. The minimum atomic E-state index is -0.177. The summed E-state index contributed by atoms with van der Waals surface area (Å²) < 4.78 is 0. The molecule has 4 heteroatoms. The largest absolute Gasteiger partial charge is 0.361 e. The topological polar surface area (TPSA) is 56.7 Å². The Morgan fingerprint density at radius 3 is 3.08 bits per heavy atom. The Balaban J connectivity index is 2.72. The lowest BCUT2D eigenvalue weighted by atomic mass is 10.1. The predicted octanol–water partition coefficient (Wildman–Crippen LogP) is 0.466. The molecule has 0 N–H and O–H groups in total. The molecule has 0 aromatic heterocycles. The van der Waals surface area contributed by atoms with Gasteiger partial charge in [0.1, 0.15) is 0 Å². The van der Waals surface area contributed by atoms with Gasteiger partial charge in [0.05, 0.1) is 6.42 Å². The Hall–Kier alpha value is -1.41. The van der Waals surface area contributed by atoms with E-state index in [2.05, 4.69) is 11.4 Å². The van der Waals surface area contributed by atoms with E-state index in [0.717, 1.165) is 13.0 Å². The number of carbonyl (C=O) groups excluding carboxylic acids is 1. The summed E-state index contributed by atoms with van der Waals surface area (Å²) in [6.45, 7) is 4.80. The van der Waals surface area contributed by atoms with Gasteiger partial charge in [0.2, 0.25) is 0 Å². The first-order chi connectivity index (χ1) is 5.79. The van der Waals surface area contributed by atoms with Crippen molar-refractivity contribution in [2.24, 2.45) is 0 Å². The standard InChI is InChI=1S/C8H11N3O/c1-2-5-11-6-3-4-7(10-9)8(11)12/h2H,1,3-6H2. The molecule has 4 nitrogen and oxygen atoms in total. The third-order valence-corrected chi connectivity index (χ3v) is 1.85. The summed E-state index contributed by atoms with van der Waals surface area (Å²) in [7, 11) is 0. The highest BCUT2D eigenvalue weighted by Crippen LogP contribution is 2.06.